The highest BCUT2D eigenvalue weighted by Crippen LogP contribution is 2.26. The average Bonchev–Trinajstić information content (AvgIpc) is 2.16. The number of nitrogens with one attached hydrogen (secondary N) is 2. The Labute approximate surface area is 92.1 Å². The first-order chi connectivity index (χ1) is 7.22. The molecule has 1 unspecified atom stereocenters. The van der Waals surface area contributed by atoms with Crippen LogP contribution in [0.4, 0.5) is 0 Å². The maximum atomic E-state index is 3.43. The smallest absolute Gasteiger partial charge is 0.0370 e. The summed E-state index contributed by atoms with van der Waals surface area (Å²) in [4.78, 5) is 0. The van der Waals surface area contributed by atoms with Crippen LogP contribution in [0.15, 0.2) is 18.2 Å². The largest absolute Gasteiger partial charge is 0.316 e. The molecule has 0 amide bonds. The highest BCUT2D eigenvalue weighted by Gasteiger charge is 2.26. The molecule has 2 N–H and O–H groups in total. The maximum absolute atomic E-state index is 3.43. The molecule has 1 aromatic carbocycles. The topological polar surface area (TPSA) is 24.1 Å². The zero-order chi connectivity index (χ0) is 10.8. The molecule has 82 valence electrons. The Morgan fingerprint density at radius 3 is 2.47 bits per heavy atom. The lowest BCUT2D eigenvalue weighted by atomic mass is 9.87. The summed E-state index contributed by atoms with van der Waals surface area (Å²) in [5.74, 6) is 0.747. The molecule has 15 heavy (non-hydrogen) atoms. The van der Waals surface area contributed by atoms with E-state index in [2.05, 4.69) is 49.7 Å². The molecule has 2 nitrogen and oxygen atoms in total. The summed E-state index contributed by atoms with van der Waals surface area (Å²) in [5, 5.41) is 6.76. The van der Waals surface area contributed by atoms with E-state index in [1.54, 1.807) is 0 Å². The van der Waals surface area contributed by atoms with Crippen LogP contribution in [-0.2, 0) is 0 Å². The number of hydrogen-bond acceptors (Lipinski definition) is 2. The maximum Gasteiger partial charge on any atom is 0.0370 e. The van der Waals surface area contributed by atoms with Gasteiger partial charge in [-0.15, -0.1) is 0 Å². The lowest BCUT2D eigenvalue weighted by Gasteiger charge is -2.35. The second-order valence-corrected chi connectivity index (χ2v) is 4.53. The van der Waals surface area contributed by atoms with Crippen LogP contribution in [0.5, 0.6) is 0 Å². The molecule has 1 saturated heterocycles. The molecule has 0 saturated carbocycles. The molecule has 1 aliphatic heterocycles. The van der Waals surface area contributed by atoms with Crippen molar-refractivity contribution in [3.8, 4) is 0 Å². The molecular weight excluding hydrogens is 184 g/mol. The molecule has 0 spiro atoms. The average molecular weight is 204 g/mol. The Morgan fingerprint density at radius 2 is 2.00 bits per heavy atom. The molecule has 1 aliphatic rings. The van der Waals surface area contributed by atoms with Gasteiger partial charge in [-0.2, -0.15) is 0 Å². The van der Waals surface area contributed by atoms with Crippen LogP contribution in [0.25, 0.3) is 0 Å². The van der Waals surface area contributed by atoms with Gasteiger partial charge in [-0.25, -0.2) is 0 Å². The van der Waals surface area contributed by atoms with Gasteiger partial charge in [-0.3, -0.25) is 0 Å². The molecule has 2 heteroatoms. The summed E-state index contributed by atoms with van der Waals surface area (Å²) < 4.78 is 0. The Bertz CT molecular complexity index is 342. The Morgan fingerprint density at radius 1 is 1.27 bits per heavy atom. The van der Waals surface area contributed by atoms with Gasteiger partial charge in [0.05, 0.1) is 0 Å². The minimum absolute atomic E-state index is 0.505. The van der Waals surface area contributed by atoms with Crippen molar-refractivity contribution in [2.75, 3.05) is 20.1 Å². The van der Waals surface area contributed by atoms with Crippen molar-refractivity contribution in [2.24, 2.45) is 5.92 Å². The van der Waals surface area contributed by atoms with Crippen LogP contribution in [0.3, 0.4) is 0 Å². The number of rotatable bonds is 3. The van der Waals surface area contributed by atoms with Crippen LogP contribution in [0.1, 0.15) is 22.7 Å². The van der Waals surface area contributed by atoms with Crippen LogP contribution in [0, 0.1) is 19.8 Å². The summed E-state index contributed by atoms with van der Waals surface area (Å²) in [7, 11) is 2.05. The van der Waals surface area contributed by atoms with Crippen molar-refractivity contribution in [1.29, 1.82) is 0 Å². The second kappa shape index (κ2) is 4.33. The summed E-state index contributed by atoms with van der Waals surface area (Å²) in [6, 6.07) is 7.29. The van der Waals surface area contributed by atoms with Crippen molar-refractivity contribution in [1.82, 2.24) is 10.6 Å². The number of aryl methyl sites for hydroxylation is 2. The molecule has 1 atom stereocenters. The van der Waals surface area contributed by atoms with Gasteiger partial charge >= 0.3 is 0 Å². The van der Waals surface area contributed by atoms with Gasteiger partial charge < -0.3 is 10.6 Å². The van der Waals surface area contributed by atoms with Crippen molar-refractivity contribution in [3.05, 3.63) is 34.9 Å². The zero-order valence-corrected chi connectivity index (χ0v) is 9.80. The monoisotopic (exact) mass is 204 g/mol. The first-order valence-electron chi connectivity index (χ1n) is 5.67. The van der Waals surface area contributed by atoms with Gasteiger partial charge in [-0.1, -0.05) is 18.2 Å². The molecule has 1 aromatic rings. The Hall–Kier alpha value is -0.860. The lowest BCUT2D eigenvalue weighted by molar-refractivity contribution is 0.268. The highest BCUT2D eigenvalue weighted by molar-refractivity contribution is 5.32. The first-order valence-corrected chi connectivity index (χ1v) is 5.67. The van der Waals surface area contributed by atoms with E-state index >= 15 is 0 Å². The third-order valence-corrected chi connectivity index (χ3v) is 3.49. The lowest BCUT2D eigenvalue weighted by Crippen LogP contribution is -2.48. The third-order valence-electron chi connectivity index (χ3n) is 3.49. The SMILES string of the molecule is CNC(c1ccc(C)c(C)c1)C1CNC1. The molecule has 0 aliphatic carbocycles. The van der Waals surface area contributed by atoms with E-state index in [9.17, 15) is 0 Å². The van der Waals surface area contributed by atoms with E-state index in [4.69, 9.17) is 0 Å². The molecule has 0 aromatic heterocycles. The van der Waals surface area contributed by atoms with Crippen molar-refractivity contribution in [2.45, 2.75) is 19.9 Å². The van der Waals surface area contributed by atoms with Gasteiger partial charge in [0, 0.05) is 25.0 Å². The van der Waals surface area contributed by atoms with E-state index < -0.39 is 0 Å². The molecular formula is C13H20N2. The van der Waals surface area contributed by atoms with Crippen LogP contribution in [0.2, 0.25) is 0 Å². The van der Waals surface area contributed by atoms with E-state index in [1.165, 1.54) is 16.7 Å². The standard InChI is InChI=1S/C13H20N2/c1-9-4-5-11(6-10(9)2)13(14-3)12-7-15-8-12/h4-6,12-15H,7-8H2,1-3H3. The number of hydrogen-bond donors (Lipinski definition) is 2. The predicted molar refractivity (Wildman–Crippen MR) is 64.1 cm³/mol. The minimum Gasteiger partial charge on any atom is -0.316 e. The highest BCUT2D eigenvalue weighted by atomic mass is 15.0. The normalized spacial score (nSPS) is 18.6. The van der Waals surface area contributed by atoms with Gasteiger partial charge in [0.1, 0.15) is 0 Å². The Balaban J connectivity index is 2.21. The molecule has 2 rings (SSSR count). The van der Waals surface area contributed by atoms with E-state index in [0.29, 0.717) is 6.04 Å². The molecule has 1 heterocycles. The summed E-state index contributed by atoms with van der Waals surface area (Å²) in [6.45, 7) is 6.62. The van der Waals surface area contributed by atoms with Crippen LogP contribution >= 0.6 is 0 Å². The van der Waals surface area contributed by atoms with Gasteiger partial charge in [0.15, 0.2) is 0 Å². The molecule has 0 radical (unpaired) electrons. The third kappa shape index (κ3) is 2.06. The van der Waals surface area contributed by atoms with Gasteiger partial charge in [0.2, 0.25) is 0 Å². The number of benzene rings is 1. The summed E-state index contributed by atoms with van der Waals surface area (Å²) >= 11 is 0. The van der Waals surface area contributed by atoms with Crippen molar-refractivity contribution >= 4 is 0 Å². The van der Waals surface area contributed by atoms with Crippen LogP contribution in [-0.4, -0.2) is 20.1 Å². The fourth-order valence-corrected chi connectivity index (χ4v) is 2.18. The summed E-state index contributed by atoms with van der Waals surface area (Å²) in [5.41, 5.74) is 4.19. The first kappa shape index (κ1) is 10.7. The van der Waals surface area contributed by atoms with Crippen molar-refractivity contribution in [3.63, 3.8) is 0 Å². The fraction of sp³-hybridized carbons (Fsp3) is 0.538. The van der Waals surface area contributed by atoms with Gasteiger partial charge in [-0.05, 0) is 37.6 Å². The Kier molecular flexibility index (Phi) is 3.08. The van der Waals surface area contributed by atoms with E-state index in [0.717, 1.165) is 19.0 Å². The minimum atomic E-state index is 0.505. The van der Waals surface area contributed by atoms with E-state index in [1.807, 2.05) is 0 Å². The molecule has 1 fully saturated rings. The van der Waals surface area contributed by atoms with Gasteiger partial charge in [0.25, 0.3) is 0 Å². The fourth-order valence-electron chi connectivity index (χ4n) is 2.18. The van der Waals surface area contributed by atoms with E-state index in [-0.39, 0.29) is 0 Å². The summed E-state index contributed by atoms with van der Waals surface area (Å²) in [6.07, 6.45) is 0. The van der Waals surface area contributed by atoms with Crippen molar-refractivity contribution < 1.29 is 0 Å². The second-order valence-electron chi connectivity index (χ2n) is 4.53. The van der Waals surface area contributed by atoms with Crippen LogP contribution < -0.4 is 10.6 Å². The predicted octanol–water partition coefficient (Wildman–Crippen LogP) is 1.78. The zero-order valence-electron chi connectivity index (χ0n) is 9.80. The quantitative estimate of drug-likeness (QED) is 0.784. The molecule has 0 bridgehead atoms.